The van der Waals surface area contributed by atoms with E-state index in [-0.39, 0.29) is 11.4 Å². The van der Waals surface area contributed by atoms with Crippen molar-refractivity contribution in [3.63, 3.8) is 0 Å². The molecule has 0 amide bonds. The number of anilines is 1. The van der Waals surface area contributed by atoms with Crippen molar-refractivity contribution in [3.05, 3.63) is 41.6 Å². The Balaban J connectivity index is 2.13. The number of hydrogen-bond donors (Lipinski definition) is 0. The summed E-state index contributed by atoms with van der Waals surface area (Å²) in [7, 11) is 1.42. The smallest absolute Gasteiger partial charge is 0.220 e. The number of ketones is 1. The second-order valence-corrected chi connectivity index (χ2v) is 7.29. The molecule has 0 radical (unpaired) electrons. The molecule has 1 saturated heterocycles. The molecular weight excluding hydrogens is 437 g/mol. The SMILES string of the molecule is C=C(C#N)C(=O)c1cc2cc(C)c(N3CCOCC3)cc2n1SI. The molecule has 2 aromatic rings. The topological polar surface area (TPSA) is 58.3 Å². The highest BCUT2D eigenvalue weighted by Gasteiger charge is 2.21. The van der Waals surface area contributed by atoms with Gasteiger partial charge in [-0.05, 0) is 30.7 Å². The van der Waals surface area contributed by atoms with E-state index in [9.17, 15) is 4.79 Å². The summed E-state index contributed by atoms with van der Waals surface area (Å²) in [6.07, 6.45) is 0. The minimum absolute atomic E-state index is 0.0466. The molecule has 124 valence electrons. The van der Waals surface area contributed by atoms with Gasteiger partial charge < -0.3 is 9.64 Å². The summed E-state index contributed by atoms with van der Waals surface area (Å²) in [6.45, 7) is 8.80. The fraction of sp³-hybridized carbons (Fsp3) is 0.294. The number of nitriles is 1. The molecule has 0 saturated carbocycles. The summed E-state index contributed by atoms with van der Waals surface area (Å²) in [6, 6.07) is 7.89. The monoisotopic (exact) mass is 453 g/mol. The van der Waals surface area contributed by atoms with Gasteiger partial charge >= 0.3 is 0 Å². The molecule has 1 aromatic heterocycles. The molecule has 5 nitrogen and oxygen atoms in total. The third-order valence-corrected chi connectivity index (χ3v) is 5.85. The Bertz CT molecular complexity index is 863. The number of allylic oxidation sites excluding steroid dienone is 1. The molecule has 0 aliphatic carbocycles. The normalized spacial score (nSPS) is 14.6. The number of ether oxygens (including phenoxy) is 1. The minimum atomic E-state index is -0.330. The number of fused-ring (bicyclic) bond motifs is 1. The molecule has 7 heteroatoms. The number of benzene rings is 1. The highest BCUT2D eigenvalue weighted by atomic mass is 127. The molecule has 0 atom stereocenters. The first-order valence-corrected chi connectivity index (χ1v) is 10.8. The average Bonchev–Trinajstić information content (AvgIpc) is 2.97. The van der Waals surface area contributed by atoms with Gasteiger partial charge in [-0.2, -0.15) is 5.26 Å². The van der Waals surface area contributed by atoms with E-state index in [1.165, 1.54) is 9.12 Å². The van der Waals surface area contributed by atoms with Crippen molar-refractivity contribution in [1.29, 1.82) is 5.26 Å². The molecule has 3 rings (SSSR count). The number of aromatic nitrogens is 1. The van der Waals surface area contributed by atoms with Gasteiger partial charge in [-0.3, -0.25) is 8.77 Å². The highest BCUT2D eigenvalue weighted by Crippen LogP contribution is 2.34. The van der Waals surface area contributed by atoms with Gasteiger partial charge in [-0.1, -0.05) is 6.58 Å². The quantitative estimate of drug-likeness (QED) is 0.304. The van der Waals surface area contributed by atoms with Gasteiger partial charge in [0.25, 0.3) is 0 Å². The number of carbonyl (C=O) groups is 1. The third-order valence-electron chi connectivity index (χ3n) is 4.14. The Morgan fingerprint density at radius 3 is 2.71 bits per heavy atom. The van der Waals surface area contributed by atoms with E-state index in [0.717, 1.165) is 48.5 Å². The number of nitrogens with zero attached hydrogens (tertiary/aromatic N) is 3. The molecular formula is C17H16IN3O2S. The van der Waals surface area contributed by atoms with Crippen LogP contribution in [0.2, 0.25) is 0 Å². The first-order valence-electron chi connectivity index (χ1n) is 7.48. The Kier molecular flexibility index (Phi) is 5.18. The molecule has 0 spiro atoms. The van der Waals surface area contributed by atoms with Crippen LogP contribution in [0.3, 0.4) is 0 Å². The maximum atomic E-state index is 12.4. The number of rotatable bonds is 4. The molecule has 2 heterocycles. The number of carbonyl (C=O) groups excluding carboxylic acids is 1. The number of hydrogen-bond acceptors (Lipinski definition) is 5. The van der Waals surface area contributed by atoms with Crippen LogP contribution in [0.1, 0.15) is 16.1 Å². The summed E-state index contributed by atoms with van der Waals surface area (Å²) >= 11 is 2.15. The van der Waals surface area contributed by atoms with Crippen LogP contribution < -0.4 is 4.90 Å². The van der Waals surface area contributed by atoms with Crippen molar-refractivity contribution in [2.24, 2.45) is 0 Å². The van der Waals surface area contributed by atoms with Crippen LogP contribution in [-0.2, 0) is 4.74 Å². The van der Waals surface area contributed by atoms with Crippen molar-refractivity contribution in [3.8, 4) is 6.07 Å². The van der Waals surface area contributed by atoms with Crippen LogP contribution in [0.25, 0.3) is 10.9 Å². The highest BCUT2D eigenvalue weighted by molar-refractivity contribution is 14.2. The Morgan fingerprint density at radius 1 is 1.38 bits per heavy atom. The van der Waals surface area contributed by atoms with E-state index in [0.29, 0.717) is 5.69 Å². The van der Waals surface area contributed by atoms with Crippen LogP contribution in [0, 0.1) is 18.3 Å². The maximum absolute atomic E-state index is 12.4. The number of Topliss-reactive ketones (excluding diaryl/α,β-unsaturated/α-hetero) is 1. The van der Waals surface area contributed by atoms with Crippen molar-refractivity contribution in [2.75, 3.05) is 31.2 Å². The van der Waals surface area contributed by atoms with Gasteiger partial charge in [0.05, 0.1) is 24.3 Å². The van der Waals surface area contributed by atoms with Crippen LogP contribution in [0.15, 0.2) is 30.4 Å². The third kappa shape index (κ3) is 3.06. The second kappa shape index (κ2) is 7.17. The number of halogens is 1. The fourth-order valence-electron chi connectivity index (χ4n) is 2.92. The standard InChI is InChI=1S/C17H16IN3O2S/c1-11-7-13-8-16(17(22)12(2)10-19)21(24-18)15(13)9-14(11)20-3-5-23-6-4-20/h7-9H,2-6H2,1H3. The first kappa shape index (κ1) is 17.3. The van der Waals surface area contributed by atoms with E-state index >= 15 is 0 Å². The van der Waals surface area contributed by atoms with Crippen molar-refractivity contribution in [2.45, 2.75) is 6.92 Å². The predicted octanol–water partition coefficient (Wildman–Crippen LogP) is 3.90. The van der Waals surface area contributed by atoms with E-state index in [2.05, 4.69) is 51.7 Å². The Labute approximate surface area is 157 Å². The lowest BCUT2D eigenvalue weighted by molar-refractivity contribution is 0.103. The largest absolute Gasteiger partial charge is 0.378 e. The molecule has 0 unspecified atom stereocenters. The molecule has 0 N–H and O–H groups in total. The number of aryl methyl sites for hydroxylation is 1. The van der Waals surface area contributed by atoms with Gasteiger partial charge in [-0.15, -0.1) is 0 Å². The maximum Gasteiger partial charge on any atom is 0.220 e. The van der Waals surface area contributed by atoms with E-state index in [4.69, 9.17) is 10.00 Å². The van der Waals surface area contributed by atoms with E-state index < -0.39 is 0 Å². The Morgan fingerprint density at radius 2 is 2.08 bits per heavy atom. The zero-order chi connectivity index (χ0) is 17.3. The van der Waals surface area contributed by atoms with Gasteiger partial charge in [0.1, 0.15) is 11.8 Å². The molecule has 1 fully saturated rings. The van der Waals surface area contributed by atoms with Crippen LogP contribution in [0.5, 0.6) is 0 Å². The van der Waals surface area contributed by atoms with Gasteiger partial charge in [0, 0.05) is 54.5 Å². The molecule has 0 bridgehead atoms. The lowest BCUT2D eigenvalue weighted by Gasteiger charge is -2.30. The van der Waals surface area contributed by atoms with E-state index in [1.54, 1.807) is 0 Å². The lowest BCUT2D eigenvalue weighted by Crippen LogP contribution is -2.36. The van der Waals surface area contributed by atoms with E-state index in [1.807, 2.05) is 16.1 Å². The van der Waals surface area contributed by atoms with Crippen molar-refractivity contribution >= 4 is 52.7 Å². The molecule has 1 aliphatic rings. The predicted molar refractivity (Wildman–Crippen MR) is 106 cm³/mol. The molecule has 24 heavy (non-hydrogen) atoms. The lowest BCUT2D eigenvalue weighted by atomic mass is 10.1. The average molecular weight is 453 g/mol. The van der Waals surface area contributed by atoms with Crippen LogP contribution in [-0.4, -0.2) is 36.1 Å². The fourth-order valence-corrected chi connectivity index (χ4v) is 4.63. The number of morpholine rings is 1. The van der Waals surface area contributed by atoms with Crippen molar-refractivity contribution in [1.82, 2.24) is 3.97 Å². The summed E-state index contributed by atoms with van der Waals surface area (Å²) < 4.78 is 7.30. The Hall–Kier alpha value is -1.50. The second-order valence-electron chi connectivity index (χ2n) is 5.61. The van der Waals surface area contributed by atoms with Gasteiger partial charge in [-0.25, -0.2) is 0 Å². The summed E-state index contributed by atoms with van der Waals surface area (Å²) in [5.74, 6) is -0.330. The summed E-state index contributed by atoms with van der Waals surface area (Å²) in [5.41, 5.74) is 3.73. The zero-order valence-electron chi connectivity index (χ0n) is 13.2. The minimum Gasteiger partial charge on any atom is -0.378 e. The van der Waals surface area contributed by atoms with Crippen LogP contribution >= 0.6 is 30.3 Å². The zero-order valence-corrected chi connectivity index (χ0v) is 16.2. The molecule has 1 aliphatic heterocycles. The van der Waals surface area contributed by atoms with Crippen LogP contribution in [0.4, 0.5) is 5.69 Å². The summed E-state index contributed by atoms with van der Waals surface area (Å²) in [4.78, 5) is 14.7. The van der Waals surface area contributed by atoms with Crippen molar-refractivity contribution < 1.29 is 9.53 Å². The molecule has 1 aromatic carbocycles. The first-order chi connectivity index (χ1) is 11.6. The van der Waals surface area contributed by atoms with Gasteiger partial charge in [0.2, 0.25) is 5.78 Å². The summed E-state index contributed by atoms with van der Waals surface area (Å²) in [5, 5.41) is 9.95. The van der Waals surface area contributed by atoms with Gasteiger partial charge in [0.15, 0.2) is 0 Å².